The fraction of sp³-hybridized carbons (Fsp3) is 0.600. The standard InChI is InChI=1S/C15H20BrFO/c1-9-6-10(2)8-11(7-9)15(18)12-4-3-5-13(17)14(12)16/h3-5,9-11,15,18H,6-8H2,1-2H3. The first kappa shape index (κ1) is 14.0. The number of aliphatic hydroxyl groups excluding tert-OH is 1. The third-order valence-electron chi connectivity index (χ3n) is 3.96. The average molecular weight is 315 g/mol. The molecule has 3 atom stereocenters. The van der Waals surface area contributed by atoms with Crippen LogP contribution < -0.4 is 0 Å². The van der Waals surface area contributed by atoms with Crippen molar-refractivity contribution in [2.45, 2.75) is 39.2 Å². The van der Waals surface area contributed by atoms with Crippen molar-refractivity contribution >= 4 is 15.9 Å². The van der Waals surface area contributed by atoms with E-state index in [0.29, 0.717) is 21.9 Å². The van der Waals surface area contributed by atoms with Crippen LogP contribution in [0.2, 0.25) is 0 Å². The lowest BCUT2D eigenvalue weighted by Crippen LogP contribution is -2.25. The van der Waals surface area contributed by atoms with Gasteiger partial charge in [-0.2, -0.15) is 0 Å². The number of benzene rings is 1. The van der Waals surface area contributed by atoms with Crippen LogP contribution in [0.4, 0.5) is 4.39 Å². The highest BCUT2D eigenvalue weighted by Crippen LogP contribution is 2.41. The molecule has 1 aromatic carbocycles. The van der Waals surface area contributed by atoms with Crippen LogP contribution >= 0.6 is 15.9 Å². The summed E-state index contributed by atoms with van der Waals surface area (Å²) >= 11 is 3.24. The van der Waals surface area contributed by atoms with Gasteiger partial charge in [0, 0.05) is 0 Å². The van der Waals surface area contributed by atoms with Gasteiger partial charge in [-0.3, -0.25) is 0 Å². The van der Waals surface area contributed by atoms with Crippen molar-refractivity contribution in [1.82, 2.24) is 0 Å². The maximum absolute atomic E-state index is 13.5. The maximum Gasteiger partial charge on any atom is 0.137 e. The van der Waals surface area contributed by atoms with Gasteiger partial charge >= 0.3 is 0 Å². The van der Waals surface area contributed by atoms with Crippen LogP contribution in [0.1, 0.15) is 44.8 Å². The molecule has 18 heavy (non-hydrogen) atoms. The van der Waals surface area contributed by atoms with E-state index in [1.807, 2.05) is 6.07 Å². The minimum absolute atomic E-state index is 0.238. The van der Waals surface area contributed by atoms with E-state index in [2.05, 4.69) is 29.8 Å². The van der Waals surface area contributed by atoms with Gasteiger partial charge in [-0.15, -0.1) is 0 Å². The van der Waals surface area contributed by atoms with Gasteiger partial charge in [0.15, 0.2) is 0 Å². The second kappa shape index (κ2) is 5.70. The van der Waals surface area contributed by atoms with Crippen LogP contribution in [0.15, 0.2) is 22.7 Å². The Balaban J connectivity index is 2.20. The SMILES string of the molecule is CC1CC(C)CC(C(O)c2cccc(F)c2Br)C1. The Morgan fingerprint density at radius 3 is 2.44 bits per heavy atom. The predicted octanol–water partition coefficient (Wildman–Crippen LogP) is 4.69. The summed E-state index contributed by atoms with van der Waals surface area (Å²) in [5.74, 6) is 1.21. The van der Waals surface area contributed by atoms with E-state index in [1.165, 1.54) is 12.5 Å². The fourth-order valence-corrected chi connectivity index (χ4v) is 3.77. The van der Waals surface area contributed by atoms with Gasteiger partial charge in [-0.1, -0.05) is 26.0 Å². The normalized spacial score (nSPS) is 30.2. The monoisotopic (exact) mass is 314 g/mol. The molecule has 0 amide bonds. The third-order valence-corrected chi connectivity index (χ3v) is 4.80. The van der Waals surface area contributed by atoms with E-state index >= 15 is 0 Å². The highest BCUT2D eigenvalue weighted by molar-refractivity contribution is 9.10. The highest BCUT2D eigenvalue weighted by Gasteiger charge is 2.31. The molecule has 0 bridgehead atoms. The molecule has 1 aromatic rings. The quantitative estimate of drug-likeness (QED) is 0.839. The molecule has 0 radical (unpaired) electrons. The third kappa shape index (κ3) is 2.94. The Kier molecular flexibility index (Phi) is 4.44. The molecule has 1 aliphatic rings. The zero-order valence-electron chi connectivity index (χ0n) is 10.9. The summed E-state index contributed by atoms with van der Waals surface area (Å²) in [6.07, 6.45) is 2.71. The van der Waals surface area contributed by atoms with Crippen molar-refractivity contribution in [1.29, 1.82) is 0 Å². The lowest BCUT2D eigenvalue weighted by molar-refractivity contribution is 0.0544. The van der Waals surface area contributed by atoms with E-state index < -0.39 is 6.10 Å². The molecule has 1 N–H and O–H groups in total. The Morgan fingerprint density at radius 2 is 1.83 bits per heavy atom. The van der Waals surface area contributed by atoms with E-state index in [9.17, 15) is 9.50 Å². The van der Waals surface area contributed by atoms with Crippen LogP contribution in [0.5, 0.6) is 0 Å². The summed E-state index contributed by atoms with van der Waals surface area (Å²) < 4.78 is 13.9. The first-order valence-electron chi connectivity index (χ1n) is 6.61. The second-order valence-electron chi connectivity index (χ2n) is 5.77. The molecule has 0 saturated heterocycles. The molecule has 1 saturated carbocycles. The number of hydrogen-bond acceptors (Lipinski definition) is 1. The minimum Gasteiger partial charge on any atom is -0.388 e. The maximum atomic E-state index is 13.5. The number of rotatable bonds is 2. The number of hydrogen-bond donors (Lipinski definition) is 1. The molecule has 3 heteroatoms. The van der Waals surface area contributed by atoms with E-state index in [1.54, 1.807) is 6.07 Å². The zero-order valence-corrected chi connectivity index (χ0v) is 12.5. The lowest BCUT2D eigenvalue weighted by atomic mass is 9.73. The van der Waals surface area contributed by atoms with Crippen LogP contribution in [-0.2, 0) is 0 Å². The molecule has 1 aliphatic carbocycles. The largest absolute Gasteiger partial charge is 0.388 e. The van der Waals surface area contributed by atoms with Gasteiger partial charge in [-0.25, -0.2) is 4.39 Å². The van der Waals surface area contributed by atoms with Crippen LogP contribution in [0.3, 0.4) is 0 Å². The van der Waals surface area contributed by atoms with E-state index in [-0.39, 0.29) is 11.7 Å². The Labute approximate surface area is 117 Å². The average Bonchev–Trinajstić information content (AvgIpc) is 2.30. The molecule has 1 fully saturated rings. The van der Waals surface area contributed by atoms with Crippen LogP contribution in [0, 0.1) is 23.6 Å². The van der Waals surface area contributed by atoms with Gasteiger partial charge < -0.3 is 5.11 Å². The van der Waals surface area contributed by atoms with E-state index in [0.717, 1.165) is 12.8 Å². The summed E-state index contributed by atoms with van der Waals surface area (Å²) in [4.78, 5) is 0. The molecule has 0 heterocycles. The molecule has 3 unspecified atom stereocenters. The lowest BCUT2D eigenvalue weighted by Gasteiger charge is -2.34. The van der Waals surface area contributed by atoms with Gasteiger partial charge in [-0.05, 0) is 64.6 Å². The molecular formula is C15H20BrFO. The summed E-state index contributed by atoms with van der Waals surface area (Å²) in [7, 11) is 0. The summed E-state index contributed by atoms with van der Waals surface area (Å²) in [6.45, 7) is 4.46. The van der Waals surface area contributed by atoms with Crippen LogP contribution in [0.25, 0.3) is 0 Å². The van der Waals surface area contributed by atoms with Gasteiger partial charge in [0.2, 0.25) is 0 Å². The minimum atomic E-state index is -0.569. The molecular weight excluding hydrogens is 295 g/mol. The van der Waals surface area contributed by atoms with Crippen molar-refractivity contribution in [2.75, 3.05) is 0 Å². The first-order valence-corrected chi connectivity index (χ1v) is 7.40. The van der Waals surface area contributed by atoms with Gasteiger partial charge in [0.1, 0.15) is 5.82 Å². The molecule has 0 aliphatic heterocycles. The smallest absolute Gasteiger partial charge is 0.137 e. The summed E-state index contributed by atoms with van der Waals surface area (Å²) in [6, 6.07) is 4.88. The molecule has 0 aromatic heterocycles. The van der Waals surface area contributed by atoms with Gasteiger partial charge in [0.05, 0.1) is 10.6 Å². The number of halogens is 2. The Morgan fingerprint density at radius 1 is 1.22 bits per heavy atom. The van der Waals surface area contributed by atoms with Crippen molar-refractivity contribution in [2.24, 2.45) is 17.8 Å². The fourth-order valence-electron chi connectivity index (χ4n) is 3.27. The Bertz CT molecular complexity index is 411. The highest BCUT2D eigenvalue weighted by atomic mass is 79.9. The first-order chi connectivity index (χ1) is 8.49. The predicted molar refractivity (Wildman–Crippen MR) is 74.7 cm³/mol. The summed E-state index contributed by atoms with van der Waals surface area (Å²) in [5, 5.41) is 10.5. The molecule has 100 valence electrons. The van der Waals surface area contributed by atoms with Crippen molar-refractivity contribution < 1.29 is 9.50 Å². The molecule has 1 nitrogen and oxygen atoms in total. The van der Waals surface area contributed by atoms with Crippen molar-refractivity contribution in [3.63, 3.8) is 0 Å². The van der Waals surface area contributed by atoms with E-state index in [4.69, 9.17) is 0 Å². The topological polar surface area (TPSA) is 20.2 Å². The molecule has 2 rings (SSSR count). The molecule has 0 spiro atoms. The number of aliphatic hydroxyl groups is 1. The summed E-state index contributed by atoms with van der Waals surface area (Å²) in [5.41, 5.74) is 0.682. The van der Waals surface area contributed by atoms with Gasteiger partial charge in [0.25, 0.3) is 0 Å². The second-order valence-corrected chi connectivity index (χ2v) is 6.56. The van der Waals surface area contributed by atoms with Crippen molar-refractivity contribution in [3.8, 4) is 0 Å². The van der Waals surface area contributed by atoms with Crippen LogP contribution in [-0.4, -0.2) is 5.11 Å². The van der Waals surface area contributed by atoms with Crippen molar-refractivity contribution in [3.05, 3.63) is 34.1 Å². The zero-order chi connectivity index (χ0) is 13.3. The Hall–Kier alpha value is -0.410.